The number of hydrogen-bond acceptors (Lipinski definition) is 7. The number of fused-ring (bicyclic) bond motifs is 1. The van der Waals surface area contributed by atoms with E-state index in [2.05, 4.69) is 92.2 Å². The number of nitrogens with one attached hydrogen (secondary N) is 1. The number of aryl methyl sites for hydroxylation is 1. The van der Waals surface area contributed by atoms with Gasteiger partial charge in [-0.2, -0.15) is 5.10 Å². The third-order valence-electron chi connectivity index (χ3n) is 5.94. The van der Waals surface area contributed by atoms with Gasteiger partial charge in [-0.05, 0) is 54.0 Å². The third-order valence-corrected chi connectivity index (χ3v) is 6.84. The highest BCUT2D eigenvalue weighted by molar-refractivity contribution is 7.13. The first-order chi connectivity index (χ1) is 22.3. The van der Waals surface area contributed by atoms with Crippen LogP contribution in [0, 0.1) is 5.92 Å². The fourth-order valence-electron chi connectivity index (χ4n) is 3.46. The van der Waals surface area contributed by atoms with Crippen LogP contribution in [0.1, 0.15) is 100 Å². The summed E-state index contributed by atoms with van der Waals surface area (Å²) in [6, 6.07) is 10.6. The van der Waals surface area contributed by atoms with Gasteiger partial charge in [-0.15, -0.1) is 11.3 Å². The Morgan fingerprint density at radius 3 is 2.02 bits per heavy atom. The highest BCUT2D eigenvalue weighted by atomic mass is 32.1. The Balaban J connectivity index is 0. The maximum absolute atomic E-state index is 9.06. The van der Waals surface area contributed by atoms with Crippen molar-refractivity contribution in [2.75, 3.05) is 25.0 Å². The summed E-state index contributed by atoms with van der Waals surface area (Å²) in [5.41, 5.74) is 9.29. The van der Waals surface area contributed by atoms with Crippen LogP contribution < -0.4 is 16.0 Å². The average molecular weight is 656 g/mol. The first-order valence-electron chi connectivity index (χ1n) is 16.7. The summed E-state index contributed by atoms with van der Waals surface area (Å²) in [7, 11) is 1.56. The molecule has 258 valence electrons. The van der Waals surface area contributed by atoms with Crippen LogP contribution in [0.3, 0.4) is 0 Å². The number of amides is 2. The van der Waals surface area contributed by atoms with E-state index < -0.39 is 0 Å². The van der Waals surface area contributed by atoms with E-state index in [4.69, 9.17) is 19.6 Å². The molecule has 1 aliphatic rings. The highest BCUT2D eigenvalue weighted by Crippen LogP contribution is 2.30. The number of anilines is 1. The van der Waals surface area contributed by atoms with E-state index in [1.807, 2.05) is 50.7 Å². The van der Waals surface area contributed by atoms with Crippen molar-refractivity contribution < 1.29 is 9.59 Å². The van der Waals surface area contributed by atoms with E-state index in [-0.39, 0.29) is 6.41 Å². The number of thiophene rings is 1. The molecule has 0 atom stereocenters. The third kappa shape index (κ3) is 16.5. The number of nitrogens with zero attached hydrogens (tertiary/aromatic N) is 5. The number of aromatic nitrogens is 4. The summed E-state index contributed by atoms with van der Waals surface area (Å²) >= 11 is 1.70. The van der Waals surface area contributed by atoms with Crippen molar-refractivity contribution in [3.05, 3.63) is 53.7 Å². The largest absolute Gasteiger partial charge is 0.372 e. The molecular formula is C36H61N7O2S. The Hall–Kier alpha value is -3.79. The van der Waals surface area contributed by atoms with E-state index in [9.17, 15) is 0 Å². The van der Waals surface area contributed by atoms with Gasteiger partial charge in [0.1, 0.15) is 5.82 Å². The van der Waals surface area contributed by atoms with Gasteiger partial charge in [-0.25, -0.2) is 14.5 Å². The SMILES string of the molecule is CC.CC.CCC.CCC(C)C.CCCc1cc(-c2cnn3ccc(-c4cccs4)nc23)nc(N2CCC2)c1.CNC=O.NC=O. The van der Waals surface area contributed by atoms with Gasteiger partial charge < -0.3 is 16.0 Å². The second-order valence-corrected chi connectivity index (χ2v) is 10.9. The first kappa shape index (κ1) is 44.3. The second-order valence-electron chi connectivity index (χ2n) is 9.98. The minimum atomic E-state index is 0.250. The molecule has 1 saturated heterocycles. The standard InChI is InChI=1S/C21H21N5S.C5H12.C3H8.C2H5NO.2C2H6.CH3NO/c1-2-5-15-12-18(23-20(13-15)25-8-4-9-25)16-14-22-26-10-7-17(24-21(16)26)19-6-3-11-27-19;1-4-5(2)3;1-3-2;1-3-2-4;2*1-2;2-1-3/h3,6-7,10-14H,2,4-5,8-9H2,1H3;5H,4H2,1-3H3;3H2,1-2H3;2H,1H3,(H,3,4);2*1-2H3;1H,(H2,2,3). The minimum absolute atomic E-state index is 0.250. The van der Waals surface area contributed by atoms with Crippen molar-refractivity contribution in [3.8, 4) is 21.8 Å². The van der Waals surface area contributed by atoms with Crippen molar-refractivity contribution in [2.24, 2.45) is 11.7 Å². The molecule has 10 heteroatoms. The fraction of sp³-hybridized carbons (Fsp3) is 0.528. The maximum atomic E-state index is 9.06. The number of primary amides is 1. The molecule has 4 aromatic rings. The van der Waals surface area contributed by atoms with Gasteiger partial charge in [0.15, 0.2) is 5.65 Å². The van der Waals surface area contributed by atoms with Crippen molar-refractivity contribution in [1.29, 1.82) is 0 Å². The van der Waals surface area contributed by atoms with Crippen LogP contribution in [0.5, 0.6) is 0 Å². The first-order valence-corrected chi connectivity index (χ1v) is 17.6. The van der Waals surface area contributed by atoms with Crippen molar-refractivity contribution in [3.63, 3.8) is 0 Å². The summed E-state index contributed by atoms with van der Waals surface area (Å²) < 4.78 is 1.84. The molecular weight excluding hydrogens is 595 g/mol. The number of pyridine rings is 1. The predicted octanol–water partition coefficient (Wildman–Crippen LogP) is 8.67. The molecule has 5 rings (SSSR count). The van der Waals surface area contributed by atoms with Crippen LogP contribution >= 0.6 is 11.3 Å². The molecule has 0 unspecified atom stereocenters. The van der Waals surface area contributed by atoms with Gasteiger partial charge in [-0.3, -0.25) is 9.59 Å². The van der Waals surface area contributed by atoms with Crippen LogP contribution in [-0.4, -0.2) is 52.5 Å². The summed E-state index contributed by atoms with van der Waals surface area (Å²) in [4.78, 5) is 31.0. The second kappa shape index (κ2) is 28.7. The summed E-state index contributed by atoms with van der Waals surface area (Å²) in [5.74, 6) is 1.96. The molecule has 0 saturated carbocycles. The Labute approximate surface area is 283 Å². The quantitative estimate of drug-likeness (QED) is 0.192. The monoisotopic (exact) mass is 655 g/mol. The molecule has 3 N–H and O–H groups in total. The zero-order valence-electron chi connectivity index (χ0n) is 30.3. The van der Waals surface area contributed by atoms with Crippen LogP contribution in [0.2, 0.25) is 0 Å². The average Bonchev–Trinajstić information content (AvgIpc) is 3.74. The molecule has 46 heavy (non-hydrogen) atoms. The molecule has 0 radical (unpaired) electrons. The smallest absolute Gasteiger partial charge is 0.206 e. The molecule has 0 aliphatic carbocycles. The molecule has 0 aromatic carbocycles. The van der Waals surface area contributed by atoms with Crippen LogP contribution in [0.25, 0.3) is 27.5 Å². The molecule has 1 aliphatic heterocycles. The zero-order valence-corrected chi connectivity index (χ0v) is 31.2. The summed E-state index contributed by atoms with van der Waals surface area (Å²) in [6.45, 7) is 23.3. The predicted molar refractivity (Wildman–Crippen MR) is 200 cm³/mol. The van der Waals surface area contributed by atoms with Crippen LogP contribution in [-0.2, 0) is 16.0 Å². The molecule has 0 bridgehead atoms. The lowest BCUT2D eigenvalue weighted by Crippen LogP contribution is -2.37. The lowest BCUT2D eigenvalue weighted by Gasteiger charge is -2.32. The van der Waals surface area contributed by atoms with E-state index in [1.165, 1.54) is 29.7 Å². The zero-order chi connectivity index (χ0) is 35.3. The van der Waals surface area contributed by atoms with Crippen molar-refractivity contribution >= 4 is 35.6 Å². The maximum Gasteiger partial charge on any atom is 0.206 e. The molecule has 2 amide bonds. The Morgan fingerprint density at radius 1 is 1.00 bits per heavy atom. The lowest BCUT2D eigenvalue weighted by atomic mass is 10.1. The summed E-state index contributed by atoms with van der Waals surface area (Å²) in [6.07, 6.45) is 10.7. The van der Waals surface area contributed by atoms with Gasteiger partial charge >= 0.3 is 0 Å². The minimum Gasteiger partial charge on any atom is -0.372 e. The normalized spacial score (nSPS) is 10.6. The van der Waals surface area contributed by atoms with E-state index in [1.54, 1.807) is 18.4 Å². The summed E-state index contributed by atoms with van der Waals surface area (Å²) in [5, 5.41) is 8.83. The number of carbonyl (C=O) groups is 2. The van der Waals surface area contributed by atoms with Crippen molar-refractivity contribution in [2.45, 2.75) is 101 Å². The van der Waals surface area contributed by atoms with Crippen LogP contribution in [0.15, 0.2) is 48.1 Å². The number of nitrogens with two attached hydrogens (primary N) is 1. The Kier molecular flexibility index (Phi) is 27.6. The Morgan fingerprint density at radius 2 is 1.59 bits per heavy atom. The van der Waals surface area contributed by atoms with E-state index in [0.717, 1.165) is 60.3 Å². The molecule has 0 spiro atoms. The highest BCUT2D eigenvalue weighted by Gasteiger charge is 2.19. The number of rotatable bonds is 7. The van der Waals surface area contributed by atoms with Crippen LogP contribution in [0.4, 0.5) is 5.82 Å². The van der Waals surface area contributed by atoms with Crippen molar-refractivity contribution in [1.82, 2.24) is 24.9 Å². The molecule has 1 fully saturated rings. The van der Waals surface area contributed by atoms with Gasteiger partial charge in [0.25, 0.3) is 0 Å². The van der Waals surface area contributed by atoms with E-state index in [0.29, 0.717) is 6.41 Å². The molecule has 4 aromatic heterocycles. The molecule has 9 nitrogen and oxygen atoms in total. The molecule has 5 heterocycles. The Bertz CT molecular complexity index is 1290. The van der Waals surface area contributed by atoms with Gasteiger partial charge in [0, 0.05) is 26.3 Å². The number of hydrogen-bond donors (Lipinski definition) is 2. The van der Waals surface area contributed by atoms with Gasteiger partial charge in [0.2, 0.25) is 12.8 Å². The van der Waals surface area contributed by atoms with E-state index >= 15 is 0 Å². The fourth-order valence-corrected chi connectivity index (χ4v) is 4.16. The topological polar surface area (TPSA) is 119 Å². The van der Waals surface area contributed by atoms with Gasteiger partial charge in [0.05, 0.1) is 28.0 Å². The van der Waals surface area contributed by atoms with Gasteiger partial charge in [-0.1, -0.05) is 94.6 Å². The lowest BCUT2D eigenvalue weighted by molar-refractivity contribution is -0.109. The number of carbonyl (C=O) groups excluding carboxylic acids is 2.